The van der Waals surface area contributed by atoms with E-state index in [1.165, 1.54) is 19.2 Å². The summed E-state index contributed by atoms with van der Waals surface area (Å²) >= 11 is 0. The molecule has 0 atom stereocenters. The zero-order valence-electron chi connectivity index (χ0n) is 11.7. The molecule has 110 valence electrons. The molecule has 0 aliphatic carbocycles. The lowest BCUT2D eigenvalue weighted by Gasteiger charge is -2.10. The summed E-state index contributed by atoms with van der Waals surface area (Å²) in [4.78, 5) is 23.2. The highest BCUT2D eigenvalue weighted by atomic mass is 19.1. The highest BCUT2D eigenvalue weighted by molar-refractivity contribution is 5.97. The van der Waals surface area contributed by atoms with Crippen molar-refractivity contribution in [2.45, 2.75) is 26.4 Å². The zero-order valence-corrected chi connectivity index (χ0v) is 11.7. The predicted octanol–water partition coefficient (Wildman–Crippen LogP) is 1.91. The first-order valence-corrected chi connectivity index (χ1v) is 6.25. The van der Waals surface area contributed by atoms with Gasteiger partial charge in [0.1, 0.15) is 11.6 Å². The molecule has 1 aromatic rings. The molecule has 0 aromatic heterocycles. The van der Waals surface area contributed by atoms with Gasteiger partial charge in [-0.1, -0.05) is 0 Å². The van der Waals surface area contributed by atoms with Crippen LogP contribution in [0.15, 0.2) is 18.2 Å². The Labute approximate surface area is 117 Å². The van der Waals surface area contributed by atoms with Gasteiger partial charge in [0.25, 0.3) is 5.91 Å². The van der Waals surface area contributed by atoms with Crippen LogP contribution in [0.2, 0.25) is 0 Å². The summed E-state index contributed by atoms with van der Waals surface area (Å²) in [5.41, 5.74) is 0.0877. The minimum absolute atomic E-state index is 0.0571. The third-order valence-electron chi connectivity index (χ3n) is 2.39. The molecular formula is C14H18FNO4. The average Bonchev–Trinajstić information content (AvgIpc) is 2.37. The second-order valence-corrected chi connectivity index (χ2v) is 4.39. The molecule has 0 heterocycles. The van der Waals surface area contributed by atoms with Crippen molar-refractivity contribution in [3.63, 3.8) is 0 Å². The number of nitrogens with one attached hydrogen (secondary N) is 1. The van der Waals surface area contributed by atoms with Crippen LogP contribution in [0.4, 0.5) is 4.39 Å². The molecule has 0 fully saturated rings. The molecule has 0 radical (unpaired) electrons. The second kappa shape index (κ2) is 7.47. The fraction of sp³-hybridized carbons (Fsp3) is 0.429. The van der Waals surface area contributed by atoms with Crippen LogP contribution in [0.1, 0.15) is 30.6 Å². The Morgan fingerprint density at radius 1 is 1.35 bits per heavy atom. The molecule has 5 nitrogen and oxygen atoms in total. The summed E-state index contributed by atoms with van der Waals surface area (Å²) in [5, 5.41) is 2.52. The fourth-order valence-corrected chi connectivity index (χ4v) is 1.55. The van der Waals surface area contributed by atoms with Gasteiger partial charge in [0.05, 0.1) is 25.2 Å². The SMILES string of the molecule is COc1ccc(F)cc1C(=O)NCCC(=O)OC(C)C. The van der Waals surface area contributed by atoms with E-state index < -0.39 is 17.7 Å². The lowest BCUT2D eigenvalue weighted by molar-refractivity contribution is -0.147. The van der Waals surface area contributed by atoms with Crippen molar-refractivity contribution in [2.24, 2.45) is 0 Å². The largest absolute Gasteiger partial charge is 0.496 e. The molecule has 0 saturated carbocycles. The number of hydrogen-bond donors (Lipinski definition) is 1. The molecule has 0 bridgehead atoms. The van der Waals surface area contributed by atoms with Gasteiger partial charge < -0.3 is 14.8 Å². The third-order valence-corrected chi connectivity index (χ3v) is 2.39. The van der Waals surface area contributed by atoms with Gasteiger partial charge in [-0.2, -0.15) is 0 Å². The Kier molecular flexibility index (Phi) is 5.96. The van der Waals surface area contributed by atoms with E-state index >= 15 is 0 Å². The fourth-order valence-electron chi connectivity index (χ4n) is 1.55. The van der Waals surface area contributed by atoms with Crippen LogP contribution in [0.5, 0.6) is 5.75 Å². The van der Waals surface area contributed by atoms with Crippen molar-refractivity contribution in [1.82, 2.24) is 5.32 Å². The standard InChI is InChI=1S/C14H18FNO4/c1-9(2)20-13(17)6-7-16-14(18)11-8-10(15)4-5-12(11)19-3/h4-5,8-9H,6-7H2,1-3H3,(H,16,18). The van der Waals surface area contributed by atoms with Gasteiger partial charge in [-0.3, -0.25) is 9.59 Å². The summed E-state index contributed by atoms with van der Waals surface area (Å²) in [6, 6.07) is 3.66. The van der Waals surface area contributed by atoms with E-state index in [1.54, 1.807) is 13.8 Å². The van der Waals surface area contributed by atoms with Crippen LogP contribution in [0, 0.1) is 5.82 Å². The quantitative estimate of drug-likeness (QED) is 0.810. The number of carbonyl (C=O) groups is 2. The number of amides is 1. The molecule has 0 aliphatic rings. The van der Waals surface area contributed by atoms with E-state index in [-0.39, 0.29) is 30.4 Å². The molecule has 1 N–H and O–H groups in total. The van der Waals surface area contributed by atoms with Gasteiger partial charge in [-0.05, 0) is 32.0 Å². The van der Waals surface area contributed by atoms with Crippen LogP contribution >= 0.6 is 0 Å². The van der Waals surface area contributed by atoms with Gasteiger partial charge >= 0.3 is 5.97 Å². The number of hydrogen-bond acceptors (Lipinski definition) is 4. The summed E-state index contributed by atoms with van der Waals surface area (Å²) in [6.45, 7) is 3.60. The Morgan fingerprint density at radius 3 is 2.65 bits per heavy atom. The lowest BCUT2D eigenvalue weighted by atomic mass is 10.2. The third kappa shape index (κ3) is 4.87. The molecule has 1 aromatic carbocycles. The van der Waals surface area contributed by atoms with E-state index in [0.29, 0.717) is 0 Å². The number of ether oxygens (including phenoxy) is 2. The Balaban J connectivity index is 2.55. The first-order chi connectivity index (χ1) is 9.43. The molecule has 0 unspecified atom stereocenters. The maximum Gasteiger partial charge on any atom is 0.307 e. The van der Waals surface area contributed by atoms with Crippen molar-refractivity contribution in [3.05, 3.63) is 29.6 Å². The molecule has 0 aliphatic heterocycles. The first-order valence-electron chi connectivity index (χ1n) is 6.25. The first kappa shape index (κ1) is 15.9. The number of carbonyl (C=O) groups excluding carboxylic acids is 2. The van der Waals surface area contributed by atoms with Gasteiger partial charge in [-0.15, -0.1) is 0 Å². The van der Waals surface area contributed by atoms with Gasteiger partial charge in [0.2, 0.25) is 0 Å². The average molecular weight is 283 g/mol. The van der Waals surface area contributed by atoms with Crippen LogP contribution in [0.25, 0.3) is 0 Å². The summed E-state index contributed by atoms with van der Waals surface area (Å²) in [5.74, 6) is -1.16. The van der Waals surface area contributed by atoms with E-state index in [1.807, 2.05) is 0 Å². The van der Waals surface area contributed by atoms with Gasteiger partial charge in [-0.25, -0.2) is 4.39 Å². The van der Waals surface area contributed by atoms with Crippen molar-refractivity contribution in [2.75, 3.05) is 13.7 Å². The molecule has 0 spiro atoms. The van der Waals surface area contributed by atoms with Gasteiger partial charge in [0.15, 0.2) is 0 Å². The zero-order chi connectivity index (χ0) is 15.1. The monoisotopic (exact) mass is 283 g/mol. The Morgan fingerprint density at radius 2 is 2.05 bits per heavy atom. The highest BCUT2D eigenvalue weighted by Crippen LogP contribution is 2.18. The Hall–Kier alpha value is -2.11. The number of esters is 1. The van der Waals surface area contributed by atoms with Crippen molar-refractivity contribution in [1.29, 1.82) is 0 Å². The molecule has 0 saturated heterocycles. The number of methoxy groups -OCH3 is 1. The van der Waals surface area contributed by atoms with Crippen LogP contribution in [-0.4, -0.2) is 31.6 Å². The molecule has 6 heteroatoms. The molecule has 20 heavy (non-hydrogen) atoms. The predicted molar refractivity (Wildman–Crippen MR) is 71.1 cm³/mol. The number of benzene rings is 1. The van der Waals surface area contributed by atoms with Crippen LogP contribution in [-0.2, 0) is 9.53 Å². The minimum Gasteiger partial charge on any atom is -0.496 e. The second-order valence-electron chi connectivity index (χ2n) is 4.39. The van der Waals surface area contributed by atoms with E-state index in [4.69, 9.17) is 9.47 Å². The highest BCUT2D eigenvalue weighted by Gasteiger charge is 2.14. The maximum absolute atomic E-state index is 13.1. The number of rotatable bonds is 6. The Bertz CT molecular complexity index is 488. The molecule has 1 amide bonds. The summed E-state index contributed by atoms with van der Waals surface area (Å²) in [6.07, 6.45) is -0.136. The lowest BCUT2D eigenvalue weighted by Crippen LogP contribution is -2.27. The van der Waals surface area contributed by atoms with Crippen LogP contribution < -0.4 is 10.1 Å². The van der Waals surface area contributed by atoms with Crippen molar-refractivity contribution < 1.29 is 23.5 Å². The van der Waals surface area contributed by atoms with Crippen LogP contribution in [0.3, 0.4) is 0 Å². The van der Waals surface area contributed by atoms with Crippen molar-refractivity contribution >= 4 is 11.9 Å². The summed E-state index contributed by atoms with van der Waals surface area (Å²) < 4.78 is 23.0. The molecule has 1 rings (SSSR count). The van der Waals surface area contributed by atoms with E-state index in [9.17, 15) is 14.0 Å². The van der Waals surface area contributed by atoms with E-state index in [2.05, 4.69) is 5.32 Å². The molecular weight excluding hydrogens is 265 g/mol. The minimum atomic E-state index is -0.532. The number of halogens is 1. The topological polar surface area (TPSA) is 64.6 Å². The van der Waals surface area contributed by atoms with Gasteiger partial charge in [0, 0.05) is 6.54 Å². The summed E-state index contributed by atoms with van der Waals surface area (Å²) in [7, 11) is 1.39. The maximum atomic E-state index is 13.1. The normalized spacial score (nSPS) is 10.2. The smallest absolute Gasteiger partial charge is 0.307 e. The van der Waals surface area contributed by atoms with Crippen molar-refractivity contribution in [3.8, 4) is 5.75 Å². The van der Waals surface area contributed by atoms with E-state index in [0.717, 1.165) is 6.07 Å².